The van der Waals surface area contributed by atoms with E-state index in [2.05, 4.69) is 29.6 Å². The van der Waals surface area contributed by atoms with Gasteiger partial charge in [0.25, 0.3) is 0 Å². The first-order valence-electron chi connectivity index (χ1n) is 12.1. The molecule has 2 N–H and O–H groups in total. The van der Waals surface area contributed by atoms with Crippen molar-refractivity contribution in [3.8, 4) is 11.1 Å². The van der Waals surface area contributed by atoms with Gasteiger partial charge in [-0.25, -0.2) is 9.59 Å². The fraction of sp³-hybridized carbons (Fsp3) is 0.444. The first kappa shape index (κ1) is 23.4. The lowest BCUT2D eigenvalue weighted by atomic mass is 9.91. The minimum absolute atomic E-state index is 0.00697. The summed E-state index contributed by atoms with van der Waals surface area (Å²) in [6, 6.07) is 16.4. The zero-order valence-electron chi connectivity index (χ0n) is 19.7. The third kappa shape index (κ3) is 4.38. The predicted octanol–water partition coefficient (Wildman–Crippen LogP) is 3.25. The van der Waals surface area contributed by atoms with Gasteiger partial charge in [-0.3, -0.25) is 4.79 Å². The van der Waals surface area contributed by atoms with Gasteiger partial charge in [0.1, 0.15) is 6.61 Å². The van der Waals surface area contributed by atoms with Gasteiger partial charge in [-0.05, 0) is 34.6 Å². The smallest absolute Gasteiger partial charge is 0.407 e. The summed E-state index contributed by atoms with van der Waals surface area (Å²) in [7, 11) is 1.40. The van der Waals surface area contributed by atoms with E-state index >= 15 is 0 Å². The average molecular weight is 479 g/mol. The number of amides is 2. The van der Waals surface area contributed by atoms with Gasteiger partial charge in [0.15, 0.2) is 5.60 Å². The Labute approximate surface area is 204 Å². The molecule has 8 heteroatoms. The molecule has 2 aromatic carbocycles. The van der Waals surface area contributed by atoms with Gasteiger partial charge in [-0.15, -0.1) is 0 Å². The molecule has 1 saturated carbocycles. The van der Waals surface area contributed by atoms with E-state index in [9.17, 15) is 19.5 Å². The van der Waals surface area contributed by atoms with Crippen molar-refractivity contribution in [2.24, 2.45) is 11.8 Å². The van der Waals surface area contributed by atoms with Crippen LogP contribution in [0, 0.1) is 11.8 Å². The number of nitrogens with one attached hydrogen (secondary N) is 1. The maximum Gasteiger partial charge on any atom is 0.407 e. The van der Waals surface area contributed by atoms with Gasteiger partial charge in [-0.2, -0.15) is 0 Å². The molecule has 184 valence electrons. The molecule has 0 radical (unpaired) electrons. The third-order valence-corrected chi connectivity index (χ3v) is 7.76. The van der Waals surface area contributed by atoms with Crippen LogP contribution in [-0.2, 0) is 19.1 Å². The van der Waals surface area contributed by atoms with Crippen molar-refractivity contribution in [1.29, 1.82) is 0 Å². The Morgan fingerprint density at radius 3 is 2.20 bits per heavy atom. The highest BCUT2D eigenvalue weighted by Crippen LogP contribution is 2.44. The molecule has 2 aliphatic carbocycles. The third-order valence-electron chi connectivity index (χ3n) is 7.76. The Balaban J connectivity index is 1.08. The van der Waals surface area contributed by atoms with Gasteiger partial charge in [0, 0.05) is 51.4 Å². The Bertz CT molecular complexity index is 1090. The molecular weight excluding hydrogens is 448 g/mol. The summed E-state index contributed by atoms with van der Waals surface area (Å²) in [6.45, 7) is 1.37. The van der Waals surface area contributed by atoms with Crippen LogP contribution in [0.25, 0.3) is 11.1 Å². The molecule has 5 rings (SSSR count). The van der Waals surface area contributed by atoms with Crippen molar-refractivity contribution in [1.82, 2.24) is 10.2 Å². The number of hydrogen-bond acceptors (Lipinski definition) is 5. The fourth-order valence-corrected chi connectivity index (χ4v) is 5.47. The van der Waals surface area contributed by atoms with Crippen LogP contribution in [0.1, 0.15) is 36.3 Å². The first-order chi connectivity index (χ1) is 16.9. The Kier molecular flexibility index (Phi) is 6.23. The summed E-state index contributed by atoms with van der Waals surface area (Å²) < 4.78 is 10.8. The monoisotopic (exact) mass is 478 g/mol. The van der Waals surface area contributed by atoms with E-state index in [1.807, 2.05) is 24.3 Å². The lowest BCUT2D eigenvalue weighted by molar-refractivity contribution is -0.170. The molecule has 0 spiro atoms. The highest BCUT2D eigenvalue weighted by Gasteiger charge is 2.48. The minimum Gasteiger partial charge on any atom is -0.479 e. The highest BCUT2D eigenvalue weighted by molar-refractivity contribution is 5.83. The molecule has 1 heterocycles. The topological polar surface area (TPSA) is 105 Å². The van der Waals surface area contributed by atoms with Crippen LogP contribution in [-0.4, -0.2) is 66.9 Å². The number of ether oxygens (including phenoxy) is 2. The number of likely N-dealkylation sites (tertiary alicyclic amines) is 1. The summed E-state index contributed by atoms with van der Waals surface area (Å²) in [5.41, 5.74) is 3.49. The second-order valence-corrected chi connectivity index (χ2v) is 9.64. The Morgan fingerprint density at radius 1 is 1.03 bits per heavy atom. The molecule has 2 fully saturated rings. The van der Waals surface area contributed by atoms with Crippen molar-refractivity contribution in [2.45, 2.75) is 30.8 Å². The number of fused-ring (bicyclic) bond motifs is 3. The average Bonchev–Trinajstić information content (AvgIpc) is 3.60. The summed E-state index contributed by atoms with van der Waals surface area (Å²) in [6.07, 6.45) is 0.794. The van der Waals surface area contributed by atoms with Crippen molar-refractivity contribution >= 4 is 18.0 Å². The van der Waals surface area contributed by atoms with Crippen LogP contribution >= 0.6 is 0 Å². The number of alkyl carbamates (subject to hydrolysis) is 1. The summed E-state index contributed by atoms with van der Waals surface area (Å²) >= 11 is 0. The number of nitrogens with zero attached hydrogens (tertiary/aromatic N) is 1. The van der Waals surface area contributed by atoms with E-state index in [0.29, 0.717) is 26.1 Å². The maximum atomic E-state index is 12.8. The molecule has 0 aromatic heterocycles. The standard InChI is InChI=1S/C27H30N2O6/c1-34-27(25(31)32)10-12-29(13-11-27)24(30)22-14-17(22)15-28-26(33)35-16-23-20-8-4-2-6-18(20)19-7-3-5-9-21(19)23/h2-9,17,22-23H,10-16H2,1H3,(H,28,33)(H,31,32). The molecule has 8 nitrogen and oxygen atoms in total. The Hall–Kier alpha value is -3.39. The molecule has 2 amide bonds. The van der Waals surface area contributed by atoms with Gasteiger partial charge in [-0.1, -0.05) is 48.5 Å². The minimum atomic E-state index is -1.20. The number of methoxy groups -OCH3 is 1. The van der Waals surface area contributed by atoms with E-state index in [1.165, 1.54) is 18.2 Å². The highest BCUT2D eigenvalue weighted by atomic mass is 16.5. The number of rotatable bonds is 7. The normalized spacial score (nSPS) is 22.1. The fourth-order valence-electron chi connectivity index (χ4n) is 5.47. The summed E-state index contributed by atoms with van der Waals surface area (Å²) in [5, 5.41) is 12.2. The van der Waals surface area contributed by atoms with Gasteiger partial charge < -0.3 is 24.8 Å². The number of carbonyl (C=O) groups excluding carboxylic acids is 2. The molecular formula is C27H30N2O6. The number of benzene rings is 2. The lowest BCUT2D eigenvalue weighted by Gasteiger charge is -2.37. The molecule has 3 aliphatic rings. The number of piperidine rings is 1. The second kappa shape index (κ2) is 9.34. The van der Waals surface area contributed by atoms with Crippen molar-refractivity contribution in [3.05, 3.63) is 59.7 Å². The van der Waals surface area contributed by atoms with Gasteiger partial charge in [0.05, 0.1) is 0 Å². The van der Waals surface area contributed by atoms with Crippen LogP contribution in [0.2, 0.25) is 0 Å². The number of hydrogen-bond donors (Lipinski definition) is 2. The molecule has 1 aliphatic heterocycles. The SMILES string of the molecule is COC1(C(=O)O)CCN(C(=O)C2CC2CNC(=O)OCC2c3ccccc3-c3ccccc32)CC1. The van der Waals surface area contributed by atoms with Crippen molar-refractivity contribution < 1.29 is 29.0 Å². The van der Waals surface area contributed by atoms with E-state index in [4.69, 9.17) is 9.47 Å². The largest absolute Gasteiger partial charge is 0.479 e. The molecule has 2 unspecified atom stereocenters. The van der Waals surface area contributed by atoms with E-state index in [-0.39, 0.29) is 43.1 Å². The zero-order valence-corrected chi connectivity index (χ0v) is 19.7. The van der Waals surface area contributed by atoms with Crippen LogP contribution < -0.4 is 5.32 Å². The molecule has 0 bridgehead atoms. The molecule has 2 aromatic rings. The molecule has 1 saturated heterocycles. The number of carboxylic acids is 1. The number of carboxylic acid groups (broad SMARTS) is 1. The Morgan fingerprint density at radius 2 is 1.63 bits per heavy atom. The van der Waals surface area contributed by atoms with E-state index < -0.39 is 17.7 Å². The quantitative estimate of drug-likeness (QED) is 0.633. The first-order valence-corrected chi connectivity index (χ1v) is 12.1. The van der Waals surface area contributed by atoms with E-state index in [0.717, 1.165) is 11.1 Å². The van der Waals surface area contributed by atoms with Gasteiger partial charge >= 0.3 is 12.1 Å². The van der Waals surface area contributed by atoms with Crippen LogP contribution in [0.4, 0.5) is 4.79 Å². The van der Waals surface area contributed by atoms with Crippen molar-refractivity contribution in [3.63, 3.8) is 0 Å². The number of aliphatic carboxylic acids is 1. The number of carbonyl (C=O) groups is 3. The van der Waals surface area contributed by atoms with Crippen molar-refractivity contribution in [2.75, 3.05) is 33.4 Å². The predicted molar refractivity (Wildman–Crippen MR) is 128 cm³/mol. The second-order valence-electron chi connectivity index (χ2n) is 9.64. The van der Waals surface area contributed by atoms with Gasteiger partial charge in [0.2, 0.25) is 5.91 Å². The van der Waals surface area contributed by atoms with Crippen LogP contribution in [0.15, 0.2) is 48.5 Å². The summed E-state index contributed by atoms with van der Waals surface area (Å²) in [4.78, 5) is 38.4. The molecule has 2 atom stereocenters. The van der Waals surface area contributed by atoms with Crippen LogP contribution in [0.3, 0.4) is 0 Å². The zero-order chi connectivity index (χ0) is 24.6. The lowest BCUT2D eigenvalue weighted by Crippen LogP contribution is -2.52. The summed E-state index contributed by atoms with van der Waals surface area (Å²) in [5.74, 6) is -1.00. The maximum absolute atomic E-state index is 12.8. The molecule has 35 heavy (non-hydrogen) atoms. The van der Waals surface area contributed by atoms with E-state index in [1.54, 1.807) is 4.90 Å². The van der Waals surface area contributed by atoms with Crippen LogP contribution in [0.5, 0.6) is 0 Å².